The van der Waals surface area contributed by atoms with Crippen LogP contribution in [0.5, 0.6) is 0 Å². The summed E-state index contributed by atoms with van der Waals surface area (Å²) in [6.45, 7) is 2.05. The van der Waals surface area contributed by atoms with Crippen LogP contribution in [0, 0.1) is 5.82 Å². The number of aromatic nitrogens is 1. The van der Waals surface area contributed by atoms with E-state index in [1.807, 2.05) is 30.5 Å². The van der Waals surface area contributed by atoms with Gasteiger partial charge in [-0.2, -0.15) is 0 Å². The van der Waals surface area contributed by atoms with Crippen molar-refractivity contribution in [1.29, 1.82) is 0 Å². The molecule has 0 radical (unpaired) electrons. The van der Waals surface area contributed by atoms with Gasteiger partial charge in [-0.1, -0.05) is 55.5 Å². The number of aliphatic carboxylic acids is 1. The van der Waals surface area contributed by atoms with Crippen LogP contribution < -0.4 is 0 Å². The summed E-state index contributed by atoms with van der Waals surface area (Å²) in [5.74, 6) is -1.43. The average Bonchev–Trinajstić information content (AvgIpc) is 3.11. The third-order valence-electron chi connectivity index (χ3n) is 5.84. The number of aryl methyl sites for hydroxylation is 1. The van der Waals surface area contributed by atoms with Crippen molar-refractivity contribution in [3.63, 3.8) is 0 Å². The van der Waals surface area contributed by atoms with E-state index in [1.165, 1.54) is 12.1 Å². The largest absolute Gasteiger partial charge is 0.481 e. The summed E-state index contributed by atoms with van der Waals surface area (Å²) in [6, 6.07) is 16.5. The van der Waals surface area contributed by atoms with Crippen molar-refractivity contribution in [1.82, 2.24) is 4.40 Å². The summed E-state index contributed by atoms with van der Waals surface area (Å²) in [4.78, 5) is 10.8. The maximum Gasteiger partial charge on any atom is 0.305 e. The SMILES string of the molecule is CCc1c(C=CC(O)CC(O)CC(=O)O)c(-c2ccc(F)cc2)c2c3ccccc3ccn12. The molecule has 0 aliphatic heterocycles. The molecule has 33 heavy (non-hydrogen) atoms. The van der Waals surface area contributed by atoms with E-state index in [-0.39, 0.29) is 12.2 Å². The molecule has 4 rings (SSSR count). The second-order valence-electron chi connectivity index (χ2n) is 8.13. The smallest absolute Gasteiger partial charge is 0.305 e. The second-order valence-corrected chi connectivity index (χ2v) is 8.13. The molecule has 6 heteroatoms. The van der Waals surface area contributed by atoms with Crippen LogP contribution in [0.2, 0.25) is 0 Å². The molecule has 0 fully saturated rings. The van der Waals surface area contributed by atoms with E-state index in [2.05, 4.69) is 23.5 Å². The van der Waals surface area contributed by atoms with Crippen LogP contribution in [0.15, 0.2) is 66.9 Å². The third-order valence-corrected chi connectivity index (χ3v) is 5.84. The van der Waals surface area contributed by atoms with Crippen LogP contribution >= 0.6 is 0 Å². The molecule has 4 aromatic rings. The molecule has 0 amide bonds. The van der Waals surface area contributed by atoms with Gasteiger partial charge in [0, 0.05) is 34.8 Å². The summed E-state index contributed by atoms with van der Waals surface area (Å²) < 4.78 is 15.8. The van der Waals surface area contributed by atoms with Gasteiger partial charge >= 0.3 is 5.97 Å². The first-order valence-electron chi connectivity index (χ1n) is 11.0. The number of halogens is 1. The highest BCUT2D eigenvalue weighted by molar-refractivity contribution is 6.06. The Balaban J connectivity index is 1.89. The lowest BCUT2D eigenvalue weighted by atomic mass is 9.97. The number of carbonyl (C=O) groups is 1. The Morgan fingerprint density at radius 3 is 2.52 bits per heavy atom. The summed E-state index contributed by atoms with van der Waals surface area (Å²) >= 11 is 0. The molecule has 2 unspecified atom stereocenters. The van der Waals surface area contributed by atoms with Gasteiger partial charge in [0.15, 0.2) is 0 Å². The van der Waals surface area contributed by atoms with E-state index in [1.54, 1.807) is 18.2 Å². The Kier molecular flexibility index (Phi) is 6.58. The summed E-state index contributed by atoms with van der Waals surface area (Å²) in [5.41, 5.74) is 4.71. The number of aliphatic hydroxyl groups is 2. The molecule has 0 saturated heterocycles. The minimum absolute atomic E-state index is 0.0769. The summed E-state index contributed by atoms with van der Waals surface area (Å²) in [7, 11) is 0. The first-order chi connectivity index (χ1) is 15.9. The maximum atomic E-state index is 13.7. The zero-order chi connectivity index (χ0) is 23.5. The van der Waals surface area contributed by atoms with E-state index in [0.717, 1.165) is 45.1 Å². The molecular weight excluding hydrogens is 421 g/mol. The lowest BCUT2D eigenvalue weighted by Gasteiger charge is -2.11. The number of nitrogens with zero attached hydrogens (tertiary/aromatic N) is 1. The van der Waals surface area contributed by atoms with Gasteiger partial charge in [0.05, 0.1) is 24.1 Å². The first kappa shape index (κ1) is 22.7. The number of pyridine rings is 1. The average molecular weight is 448 g/mol. The molecule has 0 bridgehead atoms. The number of hydrogen-bond donors (Lipinski definition) is 3. The molecule has 3 N–H and O–H groups in total. The molecule has 0 aliphatic carbocycles. The van der Waals surface area contributed by atoms with Crippen molar-refractivity contribution in [3.8, 4) is 11.1 Å². The predicted molar refractivity (Wildman–Crippen MR) is 128 cm³/mol. The van der Waals surface area contributed by atoms with Gasteiger partial charge in [0.25, 0.3) is 0 Å². The minimum Gasteiger partial charge on any atom is -0.481 e. The Bertz CT molecular complexity index is 1320. The normalized spacial score (nSPS) is 13.7. The number of fused-ring (bicyclic) bond motifs is 3. The number of hydrogen-bond acceptors (Lipinski definition) is 3. The van der Waals surface area contributed by atoms with Gasteiger partial charge in [-0.25, -0.2) is 4.39 Å². The highest BCUT2D eigenvalue weighted by Crippen LogP contribution is 2.38. The fraction of sp³-hybridized carbons (Fsp3) is 0.222. The van der Waals surface area contributed by atoms with Crippen molar-refractivity contribution in [2.75, 3.05) is 0 Å². The molecule has 0 aliphatic rings. The number of carboxylic acid groups (broad SMARTS) is 1. The number of aliphatic hydroxyl groups excluding tert-OH is 2. The van der Waals surface area contributed by atoms with E-state index < -0.39 is 24.6 Å². The molecule has 0 saturated carbocycles. The first-order valence-corrected chi connectivity index (χ1v) is 11.0. The number of rotatable bonds is 8. The van der Waals surface area contributed by atoms with Gasteiger partial charge in [-0.3, -0.25) is 4.79 Å². The fourth-order valence-electron chi connectivity index (χ4n) is 4.40. The Morgan fingerprint density at radius 1 is 1.09 bits per heavy atom. The molecule has 2 aromatic carbocycles. The molecule has 5 nitrogen and oxygen atoms in total. The van der Waals surface area contributed by atoms with Crippen molar-refractivity contribution < 1.29 is 24.5 Å². The van der Waals surface area contributed by atoms with Crippen LogP contribution in [-0.2, 0) is 11.2 Å². The lowest BCUT2D eigenvalue weighted by molar-refractivity contribution is -0.139. The summed E-state index contributed by atoms with van der Waals surface area (Å²) in [6.07, 6.45) is 3.49. The maximum absolute atomic E-state index is 13.7. The van der Waals surface area contributed by atoms with E-state index in [9.17, 15) is 19.4 Å². The van der Waals surface area contributed by atoms with Crippen molar-refractivity contribution >= 4 is 28.3 Å². The molecule has 2 aromatic heterocycles. The van der Waals surface area contributed by atoms with Gasteiger partial charge < -0.3 is 19.7 Å². The minimum atomic E-state index is -1.14. The zero-order valence-corrected chi connectivity index (χ0v) is 18.3. The molecule has 2 atom stereocenters. The van der Waals surface area contributed by atoms with E-state index in [0.29, 0.717) is 0 Å². The predicted octanol–water partition coefficient (Wildman–Crippen LogP) is 5.06. The molecular formula is C27H26FNO4. The van der Waals surface area contributed by atoms with Crippen molar-refractivity contribution in [3.05, 3.63) is 83.9 Å². The molecule has 2 heterocycles. The topological polar surface area (TPSA) is 82.2 Å². The lowest BCUT2D eigenvalue weighted by Crippen LogP contribution is -2.19. The quantitative estimate of drug-likeness (QED) is 0.353. The Hall–Kier alpha value is -3.48. The van der Waals surface area contributed by atoms with Crippen LogP contribution in [-0.4, -0.2) is 37.9 Å². The number of benzene rings is 2. The van der Waals surface area contributed by atoms with Crippen molar-refractivity contribution in [2.24, 2.45) is 0 Å². The Morgan fingerprint density at radius 2 is 1.82 bits per heavy atom. The van der Waals surface area contributed by atoms with Gasteiger partial charge in [0.2, 0.25) is 0 Å². The second kappa shape index (κ2) is 9.57. The van der Waals surface area contributed by atoms with Crippen LogP contribution in [0.1, 0.15) is 31.0 Å². The molecule has 170 valence electrons. The van der Waals surface area contributed by atoms with Crippen LogP contribution in [0.3, 0.4) is 0 Å². The highest BCUT2D eigenvalue weighted by atomic mass is 19.1. The summed E-state index contributed by atoms with van der Waals surface area (Å²) in [5, 5.41) is 31.2. The van der Waals surface area contributed by atoms with Gasteiger partial charge in [-0.05, 0) is 35.6 Å². The monoisotopic (exact) mass is 447 g/mol. The van der Waals surface area contributed by atoms with Gasteiger partial charge in [-0.15, -0.1) is 0 Å². The zero-order valence-electron chi connectivity index (χ0n) is 18.3. The fourth-order valence-corrected chi connectivity index (χ4v) is 4.40. The van der Waals surface area contributed by atoms with Gasteiger partial charge in [0.1, 0.15) is 5.82 Å². The Labute approximate surface area is 191 Å². The van der Waals surface area contributed by atoms with Crippen LogP contribution in [0.4, 0.5) is 4.39 Å². The highest BCUT2D eigenvalue weighted by Gasteiger charge is 2.20. The van der Waals surface area contributed by atoms with E-state index in [4.69, 9.17) is 5.11 Å². The van der Waals surface area contributed by atoms with E-state index >= 15 is 0 Å². The number of carboxylic acids is 1. The molecule has 0 spiro atoms. The van der Waals surface area contributed by atoms with Crippen molar-refractivity contribution in [2.45, 2.75) is 38.4 Å². The standard InChI is InChI=1S/C27H26FNO4/c1-2-24-23(12-11-20(30)15-21(31)16-25(32)33)26(18-7-9-19(28)10-8-18)27-22-6-4-3-5-17(22)13-14-29(24)27/h3-14,20-21,30-31H,2,15-16H2,1H3,(H,32,33). The third kappa shape index (κ3) is 4.67. The van der Waals surface area contributed by atoms with Crippen LogP contribution in [0.25, 0.3) is 33.5 Å².